The van der Waals surface area contributed by atoms with E-state index >= 15 is 0 Å². The van der Waals surface area contributed by atoms with Crippen molar-refractivity contribution in [3.05, 3.63) is 59.1 Å². The van der Waals surface area contributed by atoms with Crippen molar-refractivity contribution in [1.29, 1.82) is 0 Å². The van der Waals surface area contributed by atoms with Crippen LogP contribution in [0.3, 0.4) is 0 Å². The molecule has 6 atom stereocenters. The van der Waals surface area contributed by atoms with Crippen LogP contribution in [0.2, 0.25) is 5.02 Å². The third-order valence-electron chi connectivity index (χ3n) is 8.19. The summed E-state index contributed by atoms with van der Waals surface area (Å²) in [4.78, 5) is 90.1. The van der Waals surface area contributed by atoms with Crippen LogP contribution >= 0.6 is 11.6 Å². The fourth-order valence-corrected chi connectivity index (χ4v) is 5.11. The van der Waals surface area contributed by atoms with E-state index in [1.807, 2.05) is 12.1 Å². The molecule has 19 heteroatoms. The SMILES string of the molecule is COCCCNC(=O)C(=O)C(N)NC(=O)C(CCCCN)NC(=O)C(C)NC(=O)C(NC(=O)C(CN)NC(=O)c1ccc(-c2ccc(Cl)cc2)cc1)C(C)O. The minimum Gasteiger partial charge on any atom is -0.391 e. The molecule has 0 fully saturated rings. The van der Waals surface area contributed by atoms with Gasteiger partial charge < -0.3 is 58.9 Å². The van der Waals surface area contributed by atoms with Crippen molar-refractivity contribution < 1.29 is 43.4 Å². The number of hydrogen-bond acceptors (Lipinski definition) is 12. The van der Waals surface area contributed by atoms with Crippen molar-refractivity contribution >= 4 is 52.8 Å². The summed E-state index contributed by atoms with van der Waals surface area (Å²) in [7, 11) is 1.48. The summed E-state index contributed by atoms with van der Waals surface area (Å²) in [6.07, 6.45) is -1.76. The molecule has 0 aliphatic rings. The van der Waals surface area contributed by atoms with E-state index in [0.29, 0.717) is 37.4 Å². The van der Waals surface area contributed by atoms with Gasteiger partial charge in [-0.05, 0) is 81.5 Å². The first kappa shape index (κ1) is 46.2. The Labute approximate surface area is 324 Å². The molecular weight excluding hydrogens is 738 g/mol. The maximum atomic E-state index is 13.2. The highest BCUT2D eigenvalue weighted by Crippen LogP contribution is 2.22. The van der Waals surface area contributed by atoms with Gasteiger partial charge in [0.25, 0.3) is 17.6 Å². The lowest BCUT2D eigenvalue weighted by Crippen LogP contribution is -2.61. The minimum absolute atomic E-state index is 0.0740. The largest absolute Gasteiger partial charge is 0.391 e. The van der Waals surface area contributed by atoms with Gasteiger partial charge >= 0.3 is 0 Å². The van der Waals surface area contributed by atoms with Crippen LogP contribution < -0.4 is 49.1 Å². The van der Waals surface area contributed by atoms with Gasteiger partial charge in [-0.2, -0.15) is 0 Å². The second kappa shape index (κ2) is 23.7. The van der Waals surface area contributed by atoms with Crippen LogP contribution in [0.15, 0.2) is 48.5 Å². The lowest BCUT2D eigenvalue weighted by molar-refractivity contribution is -0.140. The molecule has 2 aromatic carbocycles. The molecule has 0 heterocycles. The number of amides is 6. The topological polar surface area (TPSA) is 299 Å². The normalized spacial score (nSPS) is 14.2. The number of nitrogens with one attached hydrogen (secondary N) is 6. The Morgan fingerprint density at radius 1 is 0.745 bits per heavy atom. The van der Waals surface area contributed by atoms with E-state index < -0.39 is 77.7 Å². The van der Waals surface area contributed by atoms with Gasteiger partial charge in [0, 0.05) is 37.4 Å². The molecular formula is C36H52ClN9O9. The van der Waals surface area contributed by atoms with Crippen LogP contribution in [-0.4, -0.2) is 116 Å². The minimum atomic E-state index is -1.71. The highest BCUT2D eigenvalue weighted by molar-refractivity contribution is 6.38. The van der Waals surface area contributed by atoms with Gasteiger partial charge in [-0.25, -0.2) is 0 Å². The summed E-state index contributed by atoms with van der Waals surface area (Å²) in [5, 5.41) is 25.3. The van der Waals surface area contributed by atoms with Crippen molar-refractivity contribution in [3.8, 4) is 11.1 Å². The van der Waals surface area contributed by atoms with E-state index in [0.717, 1.165) is 11.1 Å². The highest BCUT2D eigenvalue weighted by Gasteiger charge is 2.33. The zero-order valence-corrected chi connectivity index (χ0v) is 31.8. The molecule has 0 spiro atoms. The highest BCUT2D eigenvalue weighted by atomic mass is 35.5. The maximum Gasteiger partial charge on any atom is 0.291 e. The number of nitrogens with two attached hydrogens (primary N) is 3. The fourth-order valence-electron chi connectivity index (χ4n) is 4.98. The van der Waals surface area contributed by atoms with Crippen LogP contribution in [0.5, 0.6) is 0 Å². The first-order valence-corrected chi connectivity index (χ1v) is 18.0. The summed E-state index contributed by atoms with van der Waals surface area (Å²) in [5.41, 5.74) is 19.0. The number of aliphatic hydroxyl groups is 1. The van der Waals surface area contributed by atoms with E-state index in [9.17, 15) is 38.7 Å². The third-order valence-corrected chi connectivity index (χ3v) is 8.44. The molecule has 0 saturated carbocycles. The molecule has 0 bridgehead atoms. The van der Waals surface area contributed by atoms with Crippen LogP contribution in [-0.2, 0) is 33.5 Å². The van der Waals surface area contributed by atoms with Crippen LogP contribution in [0.25, 0.3) is 11.1 Å². The number of benzene rings is 2. The van der Waals surface area contributed by atoms with Crippen molar-refractivity contribution in [2.75, 3.05) is 33.4 Å². The Kier molecular flexibility index (Phi) is 19.9. The summed E-state index contributed by atoms with van der Waals surface area (Å²) >= 11 is 5.95. The van der Waals surface area contributed by atoms with Crippen molar-refractivity contribution in [2.45, 2.75) is 76.0 Å². The summed E-state index contributed by atoms with van der Waals surface area (Å²) < 4.78 is 4.88. The number of carbonyl (C=O) groups is 7. The molecule has 55 heavy (non-hydrogen) atoms. The molecule has 0 aromatic heterocycles. The quantitative estimate of drug-likeness (QED) is 0.0338. The predicted octanol–water partition coefficient (Wildman–Crippen LogP) is -1.83. The Morgan fingerprint density at radius 2 is 1.35 bits per heavy atom. The second-order valence-electron chi connectivity index (χ2n) is 12.6. The van der Waals surface area contributed by atoms with Crippen molar-refractivity contribution in [1.82, 2.24) is 31.9 Å². The molecule has 0 aliphatic heterocycles. The number of rotatable bonds is 23. The van der Waals surface area contributed by atoms with Gasteiger partial charge in [-0.1, -0.05) is 35.9 Å². The van der Waals surface area contributed by atoms with Crippen molar-refractivity contribution in [3.63, 3.8) is 0 Å². The smallest absolute Gasteiger partial charge is 0.291 e. The number of methoxy groups -OCH3 is 1. The van der Waals surface area contributed by atoms with Gasteiger partial charge in [-0.15, -0.1) is 0 Å². The van der Waals surface area contributed by atoms with E-state index in [4.69, 9.17) is 33.5 Å². The molecule has 18 nitrogen and oxygen atoms in total. The average molecular weight is 790 g/mol. The summed E-state index contributed by atoms with van der Waals surface area (Å²) in [6.45, 7) is 2.98. The van der Waals surface area contributed by atoms with Crippen molar-refractivity contribution in [2.24, 2.45) is 17.2 Å². The molecule has 2 aromatic rings. The number of Topliss-reactive ketones (excluding diaryl/α,β-unsaturated/α-hetero) is 1. The van der Waals surface area contributed by atoms with Gasteiger partial charge in [0.1, 0.15) is 30.3 Å². The molecule has 2 rings (SSSR count). The second-order valence-corrected chi connectivity index (χ2v) is 13.0. The van der Waals surface area contributed by atoms with E-state index in [1.54, 1.807) is 36.4 Å². The van der Waals surface area contributed by atoms with Gasteiger partial charge in [0.05, 0.1) is 6.10 Å². The third kappa shape index (κ3) is 15.4. The first-order valence-electron chi connectivity index (χ1n) is 17.7. The standard InChI is InChI=1S/C36H52ClN9O9/c1-20(31(49)43-26(7-4-5-16-38)33(51)46-30(40)29(48)36(54)41-17-6-18-55-3)42-35(53)28(21(2)47)45-34(52)27(19-39)44-32(50)24-10-8-22(9-11-24)23-12-14-25(37)15-13-23/h8-15,20-21,26-28,30,47H,4-7,16-19,38-40H2,1-3H3,(H,41,54)(H,42,53)(H,43,49)(H,44,50)(H,45,52)(H,46,51). The number of carbonyl (C=O) groups excluding carboxylic acids is 7. The Bertz CT molecular complexity index is 1610. The number of hydrogen-bond donors (Lipinski definition) is 10. The lowest BCUT2D eigenvalue weighted by Gasteiger charge is -2.26. The zero-order chi connectivity index (χ0) is 41.1. The maximum absolute atomic E-state index is 13.2. The molecule has 0 saturated heterocycles. The molecule has 6 amide bonds. The van der Waals surface area contributed by atoms with Crippen LogP contribution in [0.1, 0.15) is 49.9 Å². The van der Waals surface area contributed by atoms with Crippen LogP contribution in [0.4, 0.5) is 0 Å². The Balaban J connectivity index is 2.02. The monoisotopic (exact) mass is 789 g/mol. The molecule has 0 radical (unpaired) electrons. The van der Waals surface area contributed by atoms with E-state index in [2.05, 4.69) is 31.9 Å². The number of aliphatic hydroxyl groups excluding tert-OH is 1. The predicted molar refractivity (Wildman–Crippen MR) is 204 cm³/mol. The molecule has 0 aliphatic carbocycles. The van der Waals surface area contributed by atoms with E-state index in [1.165, 1.54) is 21.0 Å². The molecule has 13 N–H and O–H groups in total. The van der Waals surface area contributed by atoms with E-state index in [-0.39, 0.29) is 25.1 Å². The van der Waals surface area contributed by atoms with Gasteiger partial charge in [0.15, 0.2) is 0 Å². The zero-order valence-electron chi connectivity index (χ0n) is 31.1. The number of ether oxygens (including phenoxy) is 1. The Morgan fingerprint density at radius 3 is 1.91 bits per heavy atom. The van der Waals surface area contributed by atoms with Gasteiger partial charge in [-0.3, -0.25) is 33.6 Å². The van der Waals surface area contributed by atoms with Gasteiger partial charge in [0.2, 0.25) is 23.6 Å². The fraction of sp³-hybridized carbons (Fsp3) is 0.472. The van der Waals surface area contributed by atoms with Crippen LogP contribution in [0, 0.1) is 0 Å². The summed E-state index contributed by atoms with van der Waals surface area (Å²) in [6, 6.07) is 8.28. The summed E-state index contributed by atoms with van der Waals surface area (Å²) in [5.74, 6) is -6.26. The first-order chi connectivity index (χ1) is 26.1. The average Bonchev–Trinajstić information content (AvgIpc) is 3.16. The lowest BCUT2D eigenvalue weighted by atomic mass is 10.0. The number of ketones is 1. The Hall–Kier alpha value is -4.98. The number of unbranched alkanes of at least 4 members (excludes halogenated alkanes) is 1. The number of halogens is 1. The molecule has 6 unspecified atom stereocenters. The molecule has 302 valence electrons.